The number of carbonyl (C=O) groups is 1. The Balaban J connectivity index is 1.73. The first-order valence-electron chi connectivity index (χ1n) is 9.30. The number of fused-ring (bicyclic) bond motifs is 1. The number of hydrogen-bond donors (Lipinski definition) is 3. The number of aliphatic hydroxyl groups is 1. The first kappa shape index (κ1) is 23.1. The molecule has 1 aromatic heterocycles. The molecule has 172 valence electrons. The zero-order chi connectivity index (χ0) is 23.5. The van der Waals surface area contributed by atoms with E-state index in [0.29, 0.717) is 33.7 Å². The quantitative estimate of drug-likeness (QED) is 0.481. The maximum absolute atomic E-state index is 12.6. The van der Waals surface area contributed by atoms with Crippen LogP contribution in [-0.2, 0) is 0 Å². The van der Waals surface area contributed by atoms with Gasteiger partial charge in [0, 0.05) is 18.0 Å². The van der Waals surface area contributed by atoms with E-state index >= 15 is 0 Å². The lowest BCUT2D eigenvalue weighted by atomic mass is 10.1. The second kappa shape index (κ2) is 9.27. The highest BCUT2D eigenvalue weighted by molar-refractivity contribution is 6.02. The summed E-state index contributed by atoms with van der Waals surface area (Å²) in [7, 11) is 4.42. The number of hydrogen-bond acceptors (Lipinski definition) is 6. The Labute approximate surface area is 180 Å². The van der Waals surface area contributed by atoms with Crippen molar-refractivity contribution in [3.63, 3.8) is 0 Å². The number of aromatic amines is 1. The Morgan fingerprint density at radius 1 is 1.06 bits per heavy atom. The number of rotatable bonds is 8. The molecular formula is C21H21F3N2O6. The van der Waals surface area contributed by atoms with Crippen molar-refractivity contribution in [1.82, 2.24) is 10.3 Å². The fourth-order valence-corrected chi connectivity index (χ4v) is 3.15. The Kier molecular flexibility index (Phi) is 6.68. The Morgan fingerprint density at radius 3 is 2.28 bits per heavy atom. The van der Waals surface area contributed by atoms with Gasteiger partial charge in [-0.2, -0.15) is 0 Å². The molecular weight excluding hydrogens is 433 g/mol. The third-order valence-corrected chi connectivity index (χ3v) is 4.64. The molecule has 3 rings (SSSR count). The molecule has 0 saturated heterocycles. The van der Waals surface area contributed by atoms with Crippen LogP contribution in [0.2, 0.25) is 0 Å². The van der Waals surface area contributed by atoms with E-state index in [1.807, 2.05) is 0 Å². The summed E-state index contributed by atoms with van der Waals surface area (Å²) in [5.41, 5.74) is 0.991. The molecule has 11 heteroatoms. The molecule has 2 aromatic carbocycles. The van der Waals surface area contributed by atoms with Crippen molar-refractivity contribution in [2.75, 3.05) is 27.9 Å². The third-order valence-electron chi connectivity index (χ3n) is 4.64. The van der Waals surface area contributed by atoms with Gasteiger partial charge in [-0.3, -0.25) is 4.79 Å². The van der Waals surface area contributed by atoms with Gasteiger partial charge in [-0.25, -0.2) is 0 Å². The van der Waals surface area contributed by atoms with Gasteiger partial charge in [-0.1, -0.05) is 12.1 Å². The molecule has 0 aliphatic rings. The first-order chi connectivity index (χ1) is 15.2. The number of methoxy groups -OCH3 is 3. The van der Waals surface area contributed by atoms with Gasteiger partial charge < -0.3 is 34.4 Å². The number of aliphatic hydroxyl groups excluding tert-OH is 1. The number of benzene rings is 2. The van der Waals surface area contributed by atoms with Crippen molar-refractivity contribution in [1.29, 1.82) is 0 Å². The Hall–Kier alpha value is -3.60. The molecule has 8 nitrogen and oxygen atoms in total. The monoisotopic (exact) mass is 454 g/mol. The molecule has 1 amide bonds. The highest BCUT2D eigenvalue weighted by Gasteiger charge is 2.31. The molecule has 32 heavy (non-hydrogen) atoms. The summed E-state index contributed by atoms with van der Waals surface area (Å²) in [6, 6.07) is 7.92. The fraction of sp³-hybridized carbons (Fsp3) is 0.286. The van der Waals surface area contributed by atoms with Crippen LogP contribution < -0.4 is 24.3 Å². The van der Waals surface area contributed by atoms with Crippen molar-refractivity contribution in [3.8, 4) is 23.0 Å². The Bertz CT molecular complexity index is 1100. The molecule has 0 spiro atoms. The minimum Gasteiger partial charge on any atom is -0.496 e. The fourth-order valence-electron chi connectivity index (χ4n) is 3.15. The second-order valence-electron chi connectivity index (χ2n) is 6.63. The minimum absolute atomic E-state index is 0.175. The van der Waals surface area contributed by atoms with Crippen LogP contribution in [0.1, 0.15) is 22.2 Å². The second-order valence-corrected chi connectivity index (χ2v) is 6.63. The van der Waals surface area contributed by atoms with E-state index in [9.17, 15) is 23.1 Å². The maximum atomic E-state index is 12.6. The van der Waals surface area contributed by atoms with Gasteiger partial charge in [-0.05, 0) is 23.8 Å². The average molecular weight is 454 g/mol. The number of alkyl halides is 3. The van der Waals surface area contributed by atoms with Crippen LogP contribution in [0.5, 0.6) is 23.0 Å². The zero-order valence-corrected chi connectivity index (χ0v) is 17.4. The van der Waals surface area contributed by atoms with Gasteiger partial charge in [0.2, 0.25) is 0 Å². The van der Waals surface area contributed by atoms with E-state index in [2.05, 4.69) is 15.0 Å². The van der Waals surface area contributed by atoms with Crippen LogP contribution >= 0.6 is 0 Å². The number of halogens is 3. The Morgan fingerprint density at radius 2 is 1.72 bits per heavy atom. The number of H-pyrrole nitrogens is 1. The SMILES string of the molecule is COc1cc(OC)c2cc(C(=O)NCC(O)c3ccc(OC(F)(F)F)cc3)[nH]c2c1OC. The van der Waals surface area contributed by atoms with Crippen molar-refractivity contribution in [2.45, 2.75) is 12.5 Å². The lowest BCUT2D eigenvalue weighted by Crippen LogP contribution is -2.28. The van der Waals surface area contributed by atoms with Gasteiger partial charge in [0.1, 0.15) is 17.2 Å². The molecule has 0 aliphatic heterocycles. The van der Waals surface area contributed by atoms with E-state index in [4.69, 9.17) is 14.2 Å². The number of amides is 1. The first-order valence-corrected chi connectivity index (χ1v) is 9.30. The van der Waals surface area contributed by atoms with E-state index in [1.165, 1.54) is 33.5 Å². The molecule has 0 bridgehead atoms. The van der Waals surface area contributed by atoms with Crippen LogP contribution in [0.3, 0.4) is 0 Å². The summed E-state index contributed by atoms with van der Waals surface area (Å²) in [5.74, 6) is 0.353. The third kappa shape index (κ3) is 4.99. The lowest BCUT2D eigenvalue weighted by Gasteiger charge is -2.13. The molecule has 3 N–H and O–H groups in total. The van der Waals surface area contributed by atoms with Crippen molar-refractivity contribution in [2.24, 2.45) is 0 Å². The molecule has 0 fully saturated rings. The van der Waals surface area contributed by atoms with Gasteiger partial charge in [-0.15, -0.1) is 13.2 Å². The van der Waals surface area contributed by atoms with Gasteiger partial charge in [0.05, 0.1) is 33.0 Å². The van der Waals surface area contributed by atoms with Crippen LogP contribution in [0, 0.1) is 0 Å². The van der Waals surface area contributed by atoms with Crippen LogP contribution in [0.25, 0.3) is 10.9 Å². The molecule has 3 aromatic rings. The van der Waals surface area contributed by atoms with Gasteiger partial charge >= 0.3 is 6.36 Å². The normalized spacial score (nSPS) is 12.3. The number of aromatic nitrogens is 1. The summed E-state index contributed by atoms with van der Waals surface area (Å²) >= 11 is 0. The highest BCUT2D eigenvalue weighted by atomic mass is 19.4. The molecule has 1 heterocycles. The van der Waals surface area contributed by atoms with Crippen molar-refractivity contribution in [3.05, 3.63) is 47.7 Å². The lowest BCUT2D eigenvalue weighted by molar-refractivity contribution is -0.274. The standard InChI is InChI=1S/C21H21F3N2O6/c1-29-16-9-17(30-2)19(31-3)18-13(16)8-14(26-18)20(28)25-10-15(27)11-4-6-12(7-5-11)32-21(22,23)24/h4-9,15,26-27H,10H2,1-3H3,(H,25,28). The zero-order valence-electron chi connectivity index (χ0n) is 17.4. The summed E-state index contributed by atoms with van der Waals surface area (Å²) < 4.78 is 56.5. The summed E-state index contributed by atoms with van der Waals surface area (Å²) in [6.07, 6.45) is -5.95. The predicted octanol–water partition coefficient (Wildman–Crippen LogP) is 3.56. The molecule has 0 saturated carbocycles. The highest BCUT2D eigenvalue weighted by Crippen LogP contribution is 2.41. The molecule has 1 unspecified atom stereocenters. The van der Waals surface area contributed by atoms with E-state index < -0.39 is 24.1 Å². The van der Waals surface area contributed by atoms with Crippen LogP contribution in [-0.4, -0.2) is 50.2 Å². The number of carbonyl (C=O) groups excluding carboxylic acids is 1. The van der Waals surface area contributed by atoms with Gasteiger partial charge in [0.25, 0.3) is 5.91 Å². The van der Waals surface area contributed by atoms with Crippen LogP contribution in [0.4, 0.5) is 13.2 Å². The minimum atomic E-state index is -4.80. The summed E-state index contributed by atoms with van der Waals surface area (Å²) in [5, 5.41) is 13.4. The smallest absolute Gasteiger partial charge is 0.496 e. The van der Waals surface area contributed by atoms with E-state index in [1.54, 1.807) is 12.1 Å². The predicted molar refractivity (Wildman–Crippen MR) is 108 cm³/mol. The molecule has 1 atom stereocenters. The molecule has 0 aliphatic carbocycles. The van der Waals surface area contributed by atoms with Crippen molar-refractivity contribution >= 4 is 16.8 Å². The largest absolute Gasteiger partial charge is 0.573 e. The van der Waals surface area contributed by atoms with E-state index in [-0.39, 0.29) is 12.2 Å². The van der Waals surface area contributed by atoms with Crippen molar-refractivity contribution < 1.29 is 42.0 Å². The number of nitrogens with one attached hydrogen (secondary N) is 2. The van der Waals surface area contributed by atoms with E-state index in [0.717, 1.165) is 12.1 Å². The summed E-state index contributed by atoms with van der Waals surface area (Å²) in [4.78, 5) is 15.6. The van der Waals surface area contributed by atoms with Crippen LogP contribution in [0.15, 0.2) is 36.4 Å². The average Bonchev–Trinajstić information content (AvgIpc) is 3.20. The topological polar surface area (TPSA) is 102 Å². The molecule has 0 radical (unpaired) electrons. The number of ether oxygens (including phenoxy) is 4. The maximum Gasteiger partial charge on any atom is 0.573 e. The van der Waals surface area contributed by atoms with Gasteiger partial charge in [0.15, 0.2) is 11.5 Å². The summed E-state index contributed by atoms with van der Waals surface area (Å²) in [6.45, 7) is -0.175.